The maximum Gasteiger partial charge on any atom is 0.277 e. The minimum atomic E-state index is 0.00732. The van der Waals surface area contributed by atoms with E-state index < -0.39 is 0 Å². The van der Waals surface area contributed by atoms with Gasteiger partial charge >= 0.3 is 0 Å². The molecule has 3 aliphatic carbocycles. The number of rotatable bonds is 0. The molecule has 4 unspecified atom stereocenters. The van der Waals surface area contributed by atoms with Crippen molar-refractivity contribution in [2.75, 3.05) is 0 Å². The summed E-state index contributed by atoms with van der Waals surface area (Å²) in [6.45, 7) is 9.30. The van der Waals surface area contributed by atoms with Crippen LogP contribution in [0.1, 0.15) is 56.4 Å². The van der Waals surface area contributed by atoms with Crippen LogP contribution in [0.4, 0.5) is 0 Å². The second-order valence-corrected chi connectivity index (χ2v) is 9.25. The summed E-state index contributed by atoms with van der Waals surface area (Å²) in [5.41, 5.74) is 4.99. The van der Waals surface area contributed by atoms with Crippen LogP contribution in [0.5, 0.6) is 0 Å². The fourth-order valence-corrected chi connectivity index (χ4v) is 7.05. The van der Waals surface area contributed by atoms with Crippen LogP contribution in [0.3, 0.4) is 0 Å². The van der Waals surface area contributed by atoms with Crippen molar-refractivity contribution >= 4 is 16.4 Å². The first-order valence-electron chi connectivity index (χ1n) is 9.27. The lowest BCUT2D eigenvalue weighted by atomic mass is 9.28. The van der Waals surface area contributed by atoms with E-state index in [0.29, 0.717) is 11.3 Å². The van der Waals surface area contributed by atoms with Gasteiger partial charge in [-0.3, -0.25) is 4.79 Å². The number of hydrogen-bond donors (Lipinski definition) is 0. The Morgan fingerprint density at radius 2 is 1.96 bits per heavy atom. The van der Waals surface area contributed by atoms with Crippen molar-refractivity contribution in [3.63, 3.8) is 0 Å². The van der Waals surface area contributed by atoms with Gasteiger partial charge in [0.1, 0.15) is 5.65 Å². The third kappa shape index (κ3) is 1.17. The highest BCUT2D eigenvalue weighted by molar-refractivity contribution is 5.96. The number of fused-ring (bicyclic) bond motifs is 7. The normalized spacial score (nSPS) is 37.5. The highest BCUT2D eigenvalue weighted by Crippen LogP contribution is 2.86. The molecular weight excluding hydrogens is 308 g/mol. The van der Waals surface area contributed by atoms with Gasteiger partial charge in [-0.25, -0.2) is 0 Å². The zero-order chi connectivity index (χ0) is 17.4. The maximum atomic E-state index is 13.1. The van der Waals surface area contributed by atoms with E-state index in [-0.39, 0.29) is 16.4 Å². The van der Waals surface area contributed by atoms with E-state index in [1.165, 1.54) is 23.1 Å². The van der Waals surface area contributed by atoms with Gasteiger partial charge in [0.25, 0.3) is 5.56 Å². The molecule has 0 N–H and O–H groups in total. The number of aromatic nitrogens is 2. The summed E-state index contributed by atoms with van der Waals surface area (Å²) >= 11 is 0. The van der Waals surface area contributed by atoms with Gasteiger partial charge in [0.05, 0.1) is 0 Å². The number of aryl methyl sites for hydroxylation is 1. The Kier molecular flexibility index (Phi) is 2.06. The van der Waals surface area contributed by atoms with Crippen LogP contribution >= 0.6 is 0 Å². The van der Waals surface area contributed by atoms with Crippen molar-refractivity contribution in [1.29, 1.82) is 0 Å². The largest absolute Gasteiger partial charge is 0.304 e. The van der Waals surface area contributed by atoms with E-state index in [9.17, 15) is 4.79 Å². The average molecular weight is 330 g/mol. The smallest absolute Gasteiger partial charge is 0.277 e. The van der Waals surface area contributed by atoms with Crippen LogP contribution in [0.15, 0.2) is 35.3 Å². The predicted molar refractivity (Wildman–Crippen MR) is 99.2 cm³/mol. The van der Waals surface area contributed by atoms with Gasteiger partial charge in [-0.15, -0.1) is 0 Å². The highest BCUT2D eigenvalue weighted by Gasteiger charge is 2.81. The van der Waals surface area contributed by atoms with E-state index in [1.807, 2.05) is 0 Å². The summed E-state index contributed by atoms with van der Waals surface area (Å²) in [4.78, 5) is 17.7. The van der Waals surface area contributed by atoms with Crippen molar-refractivity contribution in [3.05, 3.63) is 57.6 Å². The van der Waals surface area contributed by atoms with E-state index >= 15 is 0 Å². The third-order valence-corrected chi connectivity index (χ3v) is 8.48. The van der Waals surface area contributed by atoms with Gasteiger partial charge in [-0.2, -0.15) is 4.98 Å². The molecule has 3 heteroatoms. The van der Waals surface area contributed by atoms with Gasteiger partial charge in [0.2, 0.25) is 0 Å². The second kappa shape index (κ2) is 3.67. The summed E-state index contributed by atoms with van der Waals surface area (Å²) in [7, 11) is 0. The molecule has 2 fully saturated rings. The van der Waals surface area contributed by atoms with E-state index in [2.05, 4.69) is 67.5 Å². The Balaban J connectivity index is 1.81. The van der Waals surface area contributed by atoms with Gasteiger partial charge in [0, 0.05) is 28.3 Å². The lowest BCUT2D eigenvalue weighted by Gasteiger charge is -2.75. The molecule has 3 aromatic rings. The van der Waals surface area contributed by atoms with Crippen LogP contribution < -0.4 is 5.56 Å². The van der Waals surface area contributed by atoms with Crippen molar-refractivity contribution in [1.82, 2.24) is 9.38 Å². The minimum absolute atomic E-state index is 0.00732. The second-order valence-electron chi connectivity index (χ2n) is 9.25. The quantitative estimate of drug-likeness (QED) is 0.575. The lowest BCUT2D eigenvalue weighted by molar-refractivity contribution is -0.228. The first kappa shape index (κ1) is 14.1. The molecule has 2 saturated carbocycles. The first-order valence-corrected chi connectivity index (χ1v) is 9.27. The Hall–Kier alpha value is -2.16. The zero-order valence-electron chi connectivity index (χ0n) is 15.2. The first-order chi connectivity index (χ1) is 11.8. The average Bonchev–Trinajstić information content (AvgIpc) is 2.66. The molecule has 2 heterocycles. The van der Waals surface area contributed by atoms with Crippen molar-refractivity contribution < 1.29 is 0 Å². The number of pyridine rings is 1. The van der Waals surface area contributed by atoms with Crippen LogP contribution in [-0.2, 0) is 5.41 Å². The Morgan fingerprint density at radius 3 is 2.72 bits per heavy atom. The van der Waals surface area contributed by atoms with Crippen LogP contribution in [-0.4, -0.2) is 9.38 Å². The standard InChI is InChI=1S/C22H22N2O/c1-12-6-5-7-14-13(12)8-9-24-17-16(19(25)23-18(14)24)15-10-20(2)11-21(17,3)22(15,20)4/h5-9,15H,10-11H2,1-4H3. The molecule has 0 spiro atoms. The highest BCUT2D eigenvalue weighted by atomic mass is 16.1. The number of nitrogens with zero attached hydrogens (tertiary/aromatic N) is 2. The molecule has 0 amide bonds. The van der Waals surface area contributed by atoms with E-state index in [4.69, 9.17) is 0 Å². The molecule has 0 saturated heterocycles. The van der Waals surface area contributed by atoms with E-state index in [1.54, 1.807) is 0 Å². The van der Waals surface area contributed by atoms with Gasteiger partial charge in [-0.1, -0.05) is 39.0 Å². The Labute approximate surface area is 146 Å². The van der Waals surface area contributed by atoms with Crippen molar-refractivity contribution in [3.8, 4) is 0 Å². The van der Waals surface area contributed by atoms with Gasteiger partial charge < -0.3 is 4.40 Å². The lowest BCUT2D eigenvalue weighted by Crippen LogP contribution is -2.70. The molecule has 2 aromatic heterocycles. The van der Waals surface area contributed by atoms with Crippen LogP contribution in [0.2, 0.25) is 0 Å². The molecule has 0 aliphatic heterocycles. The Morgan fingerprint density at radius 1 is 1.16 bits per heavy atom. The molecule has 0 bridgehead atoms. The topological polar surface area (TPSA) is 34.4 Å². The fraction of sp³-hybridized carbons (Fsp3) is 0.455. The molecule has 0 radical (unpaired) electrons. The molecule has 4 atom stereocenters. The molecular formula is C22H22N2O. The Bertz CT molecular complexity index is 1190. The third-order valence-electron chi connectivity index (χ3n) is 8.48. The van der Waals surface area contributed by atoms with Crippen LogP contribution in [0.25, 0.3) is 16.4 Å². The van der Waals surface area contributed by atoms with E-state index in [0.717, 1.165) is 23.0 Å². The summed E-state index contributed by atoms with van der Waals surface area (Å²) < 4.78 is 2.24. The zero-order valence-corrected chi connectivity index (χ0v) is 15.2. The molecule has 3 aliphatic rings. The monoisotopic (exact) mass is 330 g/mol. The predicted octanol–water partition coefficient (Wildman–Crippen LogP) is 4.33. The molecule has 3 nitrogen and oxygen atoms in total. The summed E-state index contributed by atoms with van der Waals surface area (Å²) in [5.74, 6) is 0.386. The van der Waals surface area contributed by atoms with Gasteiger partial charge in [-0.05, 0) is 53.5 Å². The summed E-state index contributed by atoms with van der Waals surface area (Å²) in [6.07, 6.45) is 4.46. The van der Waals surface area contributed by atoms with Crippen LogP contribution in [0, 0.1) is 17.8 Å². The summed E-state index contributed by atoms with van der Waals surface area (Å²) in [5, 5.41) is 2.27. The number of benzene rings is 1. The van der Waals surface area contributed by atoms with Crippen molar-refractivity contribution in [2.24, 2.45) is 10.8 Å². The summed E-state index contributed by atoms with van der Waals surface area (Å²) in [6, 6.07) is 8.46. The molecule has 25 heavy (non-hydrogen) atoms. The fourth-order valence-electron chi connectivity index (χ4n) is 7.05. The van der Waals surface area contributed by atoms with Crippen molar-refractivity contribution in [2.45, 2.75) is 51.9 Å². The number of hydrogen-bond acceptors (Lipinski definition) is 2. The molecule has 126 valence electrons. The van der Waals surface area contributed by atoms with Gasteiger partial charge in [0.15, 0.2) is 0 Å². The maximum absolute atomic E-state index is 13.1. The molecule has 1 aromatic carbocycles. The molecule has 6 rings (SSSR count). The minimum Gasteiger partial charge on any atom is -0.304 e. The SMILES string of the molecule is Cc1cccc2c1ccn1c3c(c(=O)nc21)C1CC2(C)CC3(C)C12C.